The van der Waals surface area contributed by atoms with Crippen LogP contribution >= 0.6 is 0 Å². The van der Waals surface area contributed by atoms with E-state index in [0.29, 0.717) is 10.9 Å². The standard InChI is InChI=1S/C32H33N3O5S/c1-23(20-21-36)40-35-41-22-27(28(29(37)38)39-31(2,3)4)33-30(41)34-32(24-14-8-5-9-15-24,25-16-10-6-11-17-25)26-18-12-7-13-19-26/h5-20,22-23,28H,1-4H3,(H,33,34)(H,37,38). The molecular weight excluding hydrogens is 538 g/mol. The van der Waals surface area contributed by atoms with E-state index in [-0.39, 0.29) is 0 Å². The van der Waals surface area contributed by atoms with Crippen LogP contribution in [0.3, 0.4) is 0 Å². The van der Waals surface area contributed by atoms with Crippen molar-refractivity contribution in [1.82, 2.24) is 5.32 Å². The number of aliphatic carboxylic acids is 1. The van der Waals surface area contributed by atoms with E-state index in [0.717, 1.165) is 16.7 Å². The highest BCUT2D eigenvalue weighted by atomic mass is 32.2. The molecule has 1 aliphatic heterocycles. The minimum absolute atomic E-state index is 0.295. The van der Waals surface area contributed by atoms with Gasteiger partial charge in [-0.05, 0) is 44.4 Å². The molecule has 0 aliphatic carbocycles. The lowest BCUT2D eigenvalue weighted by atomic mass is 9.77. The van der Waals surface area contributed by atoms with Crippen LogP contribution in [0.25, 0.3) is 0 Å². The average molecular weight is 572 g/mol. The van der Waals surface area contributed by atoms with Gasteiger partial charge in [0, 0.05) is 22.2 Å². The maximum Gasteiger partial charge on any atom is 0.339 e. The maximum atomic E-state index is 12.3. The van der Waals surface area contributed by atoms with Crippen molar-refractivity contribution in [3.8, 4) is 0 Å². The van der Waals surface area contributed by atoms with Crippen LogP contribution < -0.4 is 5.32 Å². The van der Waals surface area contributed by atoms with E-state index >= 15 is 0 Å². The minimum atomic E-state index is -1.29. The molecule has 41 heavy (non-hydrogen) atoms. The molecule has 0 saturated heterocycles. The number of carboxylic acids is 1. The van der Waals surface area contributed by atoms with Gasteiger partial charge in [-0.25, -0.2) is 19.4 Å². The Kier molecular flexibility index (Phi) is 9.47. The first-order valence-corrected chi connectivity index (χ1v) is 14.4. The van der Waals surface area contributed by atoms with Crippen molar-refractivity contribution >= 4 is 27.8 Å². The van der Waals surface area contributed by atoms with Gasteiger partial charge in [0.1, 0.15) is 17.6 Å². The number of ether oxygens (including phenoxy) is 1. The molecule has 212 valence electrons. The fraction of sp³-hybridized carbons (Fsp3) is 0.250. The van der Waals surface area contributed by atoms with Crippen LogP contribution in [0.15, 0.2) is 118 Å². The van der Waals surface area contributed by atoms with Crippen LogP contribution in [-0.2, 0) is 35.4 Å². The summed E-state index contributed by atoms with van der Waals surface area (Å²) in [7, 11) is -1.17. The number of hydrogen-bond donors (Lipinski definition) is 2. The van der Waals surface area contributed by atoms with Crippen LogP contribution in [0, 0.1) is 0 Å². The molecular formula is C32H33N3O5S. The highest BCUT2D eigenvalue weighted by Gasteiger charge is 2.39. The molecule has 8 nitrogen and oxygen atoms in total. The normalized spacial score (nSPS) is 17.8. The number of benzene rings is 3. The first-order valence-electron chi connectivity index (χ1n) is 13.1. The first kappa shape index (κ1) is 29.8. The Morgan fingerprint density at radius 1 is 0.927 bits per heavy atom. The highest BCUT2D eigenvalue weighted by molar-refractivity contribution is 8.05. The van der Waals surface area contributed by atoms with E-state index in [1.54, 1.807) is 39.0 Å². The van der Waals surface area contributed by atoms with Gasteiger partial charge in [-0.15, -0.1) is 0 Å². The van der Waals surface area contributed by atoms with E-state index in [9.17, 15) is 14.7 Å². The maximum absolute atomic E-state index is 12.3. The molecule has 1 heterocycles. The Balaban J connectivity index is 1.97. The van der Waals surface area contributed by atoms with Crippen molar-refractivity contribution < 1.29 is 24.3 Å². The van der Waals surface area contributed by atoms with Gasteiger partial charge in [0.25, 0.3) is 0 Å². The van der Waals surface area contributed by atoms with Gasteiger partial charge < -0.3 is 15.2 Å². The third kappa shape index (κ3) is 7.14. The van der Waals surface area contributed by atoms with Gasteiger partial charge in [0.2, 0.25) is 0 Å². The summed E-state index contributed by atoms with van der Waals surface area (Å²) in [5.41, 5.74) is 1.26. The van der Waals surface area contributed by atoms with Gasteiger partial charge in [-0.1, -0.05) is 95.5 Å². The van der Waals surface area contributed by atoms with E-state index in [4.69, 9.17) is 14.6 Å². The molecule has 0 amide bonds. The predicted octanol–water partition coefficient (Wildman–Crippen LogP) is 5.56. The van der Waals surface area contributed by atoms with E-state index in [1.807, 2.05) is 91.0 Å². The number of aliphatic imine (C=N–C) groups is 1. The van der Waals surface area contributed by atoms with E-state index in [1.165, 1.54) is 6.08 Å². The highest BCUT2D eigenvalue weighted by Crippen LogP contribution is 2.41. The molecule has 1 aliphatic rings. The summed E-state index contributed by atoms with van der Waals surface area (Å²) < 4.78 is 10.3. The van der Waals surface area contributed by atoms with E-state index < -0.39 is 40.0 Å². The summed E-state index contributed by atoms with van der Waals surface area (Å²) in [5.74, 6) is 0.558. The van der Waals surface area contributed by atoms with Crippen molar-refractivity contribution in [2.24, 2.45) is 9.52 Å². The Morgan fingerprint density at radius 3 is 1.83 bits per heavy atom. The number of nitrogens with one attached hydrogen (secondary N) is 1. The lowest BCUT2D eigenvalue weighted by molar-refractivity contribution is -0.155. The lowest BCUT2D eigenvalue weighted by Gasteiger charge is -2.33. The van der Waals surface area contributed by atoms with Crippen molar-refractivity contribution in [3.63, 3.8) is 0 Å². The fourth-order valence-electron chi connectivity index (χ4n) is 4.37. The summed E-state index contributed by atoms with van der Waals surface area (Å²) in [6, 6.07) is 29.7. The van der Waals surface area contributed by atoms with Crippen LogP contribution in [-0.4, -0.2) is 40.0 Å². The van der Waals surface area contributed by atoms with Gasteiger partial charge in [-0.2, -0.15) is 0 Å². The summed E-state index contributed by atoms with van der Waals surface area (Å²) in [6.45, 7) is 7.03. The van der Waals surface area contributed by atoms with Crippen molar-refractivity contribution in [1.29, 1.82) is 0 Å². The quantitative estimate of drug-likeness (QED) is 0.187. The number of amidine groups is 1. The molecule has 9 heteroatoms. The molecule has 0 bridgehead atoms. The summed E-state index contributed by atoms with van der Waals surface area (Å²) in [5, 5.41) is 15.3. The molecule has 0 radical (unpaired) electrons. The first-order chi connectivity index (χ1) is 19.6. The SMILES string of the molecule is CC(C=C=O)ON=S1C=C(C(OC(C)(C)C)C(=O)O)NC1=NC(c1ccccc1)(c1ccccc1)c1ccccc1. The summed E-state index contributed by atoms with van der Waals surface area (Å²) in [6.07, 6.45) is -0.718. The van der Waals surface area contributed by atoms with Gasteiger partial charge in [0.05, 0.1) is 11.3 Å². The Labute approximate surface area is 242 Å². The molecule has 3 atom stereocenters. The van der Waals surface area contributed by atoms with Crippen LogP contribution in [0.1, 0.15) is 44.4 Å². The number of carbonyl (C=O) groups is 1. The van der Waals surface area contributed by atoms with E-state index in [2.05, 4.69) is 9.84 Å². The molecule has 0 spiro atoms. The average Bonchev–Trinajstić information content (AvgIpc) is 3.36. The predicted molar refractivity (Wildman–Crippen MR) is 161 cm³/mol. The second-order valence-electron chi connectivity index (χ2n) is 10.4. The van der Waals surface area contributed by atoms with Gasteiger partial charge in [0.15, 0.2) is 11.3 Å². The van der Waals surface area contributed by atoms with Crippen LogP contribution in [0.4, 0.5) is 0 Å². The smallest absolute Gasteiger partial charge is 0.339 e. The monoisotopic (exact) mass is 571 g/mol. The zero-order chi connectivity index (χ0) is 29.5. The largest absolute Gasteiger partial charge is 0.479 e. The summed E-state index contributed by atoms with van der Waals surface area (Å²) >= 11 is 0. The topological polar surface area (TPSA) is 110 Å². The fourth-order valence-corrected chi connectivity index (χ4v) is 5.69. The molecule has 0 saturated carbocycles. The van der Waals surface area contributed by atoms with Crippen molar-refractivity contribution in [2.75, 3.05) is 0 Å². The van der Waals surface area contributed by atoms with Gasteiger partial charge in [-0.3, -0.25) is 0 Å². The molecule has 2 N–H and O–H groups in total. The number of hydrogen-bond acceptors (Lipinski definition) is 6. The molecule has 0 aromatic heterocycles. The third-order valence-corrected chi connectivity index (χ3v) is 7.42. The number of rotatable bonds is 10. The minimum Gasteiger partial charge on any atom is -0.479 e. The Hall–Kier alpha value is -4.14. The number of nitrogens with zero attached hydrogens (tertiary/aromatic N) is 2. The number of carbonyl (C=O) groups excluding carboxylic acids is 1. The Bertz CT molecular complexity index is 1400. The molecule has 3 aromatic carbocycles. The molecule has 3 aromatic rings. The van der Waals surface area contributed by atoms with Crippen molar-refractivity contribution in [3.05, 3.63) is 125 Å². The lowest BCUT2D eigenvalue weighted by Crippen LogP contribution is -2.39. The van der Waals surface area contributed by atoms with Crippen LogP contribution in [0.5, 0.6) is 0 Å². The zero-order valence-electron chi connectivity index (χ0n) is 23.4. The second kappa shape index (κ2) is 13.0. The zero-order valence-corrected chi connectivity index (χ0v) is 24.2. The van der Waals surface area contributed by atoms with Crippen LogP contribution in [0.2, 0.25) is 0 Å². The summed E-state index contributed by atoms with van der Waals surface area (Å²) in [4.78, 5) is 34.1. The Morgan fingerprint density at radius 2 is 1.41 bits per heavy atom. The molecule has 3 unspecified atom stereocenters. The molecule has 0 fully saturated rings. The van der Waals surface area contributed by atoms with Crippen molar-refractivity contribution in [2.45, 2.75) is 51.0 Å². The van der Waals surface area contributed by atoms with Gasteiger partial charge >= 0.3 is 5.97 Å². The third-order valence-electron chi connectivity index (χ3n) is 6.10. The molecule has 4 rings (SSSR count). The second-order valence-corrected chi connectivity index (χ2v) is 11.8. The number of carboxylic acid groups (broad SMARTS) is 1.